The minimum atomic E-state index is -0.0888. The summed E-state index contributed by atoms with van der Waals surface area (Å²) in [5, 5.41) is 6.22. The molecule has 3 unspecified atom stereocenters. The van der Waals surface area contributed by atoms with Gasteiger partial charge in [0.1, 0.15) is 0 Å². The number of urea groups is 1. The van der Waals surface area contributed by atoms with Crippen molar-refractivity contribution in [3.8, 4) is 0 Å². The van der Waals surface area contributed by atoms with E-state index in [1.165, 1.54) is 5.56 Å². The van der Waals surface area contributed by atoms with Gasteiger partial charge in [0.05, 0.1) is 6.04 Å². The fraction of sp³-hybridized carbons (Fsp3) is 0.350. The molecule has 3 rings (SSSR count). The fourth-order valence-electron chi connectivity index (χ4n) is 3.08. The second-order valence-electron chi connectivity index (χ2n) is 6.70. The summed E-state index contributed by atoms with van der Waals surface area (Å²) in [5.41, 5.74) is 2.42. The molecule has 1 aliphatic rings. The number of amides is 2. The number of carbonyl (C=O) groups is 1. The van der Waals surface area contributed by atoms with Crippen molar-refractivity contribution in [2.24, 2.45) is 0 Å². The van der Waals surface area contributed by atoms with Gasteiger partial charge in [-0.1, -0.05) is 60.7 Å². The van der Waals surface area contributed by atoms with E-state index in [2.05, 4.69) is 39.8 Å². The van der Waals surface area contributed by atoms with E-state index in [0.717, 1.165) is 18.5 Å². The summed E-state index contributed by atoms with van der Waals surface area (Å²) in [5.74, 6) is 0.445. The van der Waals surface area contributed by atoms with Crippen molar-refractivity contribution in [2.75, 3.05) is 20.6 Å². The van der Waals surface area contributed by atoms with Gasteiger partial charge in [0.25, 0.3) is 0 Å². The zero-order chi connectivity index (χ0) is 16.9. The molecule has 126 valence electrons. The van der Waals surface area contributed by atoms with Crippen molar-refractivity contribution in [2.45, 2.75) is 24.4 Å². The maximum atomic E-state index is 12.4. The molecule has 0 radical (unpaired) electrons. The number of benzene rings is 2. The van der Waals surface area contributed by atoms with E-state index in [1.807, 2.05) is 50.5 Å². The molecule has 2 amide bonds. The summed E-state index contributed by atoms with van der Waals surface area (Å²) in [4.78, 5) is 14.5. The summed E-state index contributed by atoms with van der Waals surface area (Å²) in [6.45, 7) is 0.768. The van der Waals surface area contributed by atoms with Crippen LogP contribution in [0, 0.1) is 0 Å². The van der Waals surface area contributed by atoms with E-state index in [1.54, 1.807) is 0 Å². The minimum absolute atomic E-state index is 0.0184. The van der Waals surface area contributed by atoms with Crippen LogP contribution in [-0.2, 0) is 0 Å². The van der Waals surface area contributed by atoms with Crippen molar-refractivity contribution < 1.29 is 4.79 Å². The molecule has 4 nitrogen and oxygen atoms in total. The van der Waals surface area contributed by atoms with Crippen LogP contribution in [0.2, 0.25) is 0 Å². The molecular weight excluding hydrogens is 298 g/mol. The van der Waals surface area contributed by atoms with Crippen LogP contribution in [0.1, 0.15) is 29.5 Å². The summed E-state index contributed by atoms with van der Waals surface area (Å²) in [6, 6.07) is 20.6. The molecule has 1 aliphatic carbocycles. The third kappa shape index (κ3) is 4.36. The maximum absolute atomic E-state index is 12.4. The number of nitrogens with one attached hydrogen (secondary N) is 2. The molecule has 0 bridgehead atoms. The summed E-state index contributed by atoms with van der Waals surface area (Å²) in [6.07, 6.45) is 1.01. The van der Waals surface area contributed by atoms with Crippen LogP contribution in [0.5, 0.6) is 0 Å². The number of nitrogens with zero attached hydrogens (tertiary/aromatic N) is 1. The second-order valence-corrected chi connectivity index (χ2v) is 6.70. The Labute approximate surface area is 143 Å². The average Bonchev–Trinajstić information content (AvgIpc) is 3.34. The number of hydrogen-bond acceptors (Lipinski definition) is 2. The third-order valence-electron chi connectivity index (χ3n) is 4.39. The topological polar surface area (TPSA) is 44.4 Å². The highest BCUT2D eigenvalue weighted by Crippen LogP contribution is 2.40. The summed E-state index contributed by atoms with van der Waals surface area (Å²) >= 11 is 0. The van der Waals surface area contributed by atoms with E-state index >= 15 is 0 Å². The molecule has 0 heterocycles. The lowest BCUT2D eigenvalue weighted by molar-refractivity contribution is 0.232. The minimum Gasteiger partial charge on any atom is -0.335 e. The molecule has 2 aromatic carbocycles. The molecule has 0 saturated heterocycles. The number of hydrogen-bond donors (Lipinski definition) is 2. The van der Waals surface area contributed by atoms with Gasteiger partial charge in [-0.3, -0.25) is 0 Å². The summed E-state index contributed by atoms with van der Waals surface area (Å²) < 4.78 is 0. The first-order valence-electron chi connectivity index (χ1n) is 8.45. The highest BCUT2D eigenvalue weighted by Gasteiger charge is 2.39. The van der Waals surface area contributed by atoms with Gasteiger partial charge >= 0.3 is 6.03 Å². The molecule has 1 fully saturated rings. The van der Waals surface area contributed by atoms with E-state index in [-0.39, 0.29) is 18.1 Å². The highest BCUT2D eigenvalue weighted by atomic mass is 16.2. The lowest BCUT2D eigenvalue weighted by Gasteiger charge is -2.23. The number of rotatable bonds is 6. The SMILES string of the molecule is CN(C)CC(NC(=O)NC1CC1c1ccccc1)c1ccccc1. The van der Waals surface area contributed by atoms with Gasteiger partial charge in [-0.05, 0) is 31.6 Å². The van der Waals surface area contributed by atoms with Crippen LogP contribution in [0.15, 0.2) is 60.7 Å². The van der Waals surface area contributed by atoms with Crippen LogP contribution in [0.25, 0.3) is 0 Å². The van der Waals surface area contributed by atoms with Gasteiger partial charge in [0.15, 0.2) is 0 Å². The van der Waals surface area contributed by atoms with Gasteiger partial charge in [-0.25, -0.2) is 4.79 Å². The van der Waals surface area contributed by atoms with Crippen LogP contribution >= 0.6 is 0 Å². The quantitative estimate of drug-likeness (QED) is 0.858. The number of carbonyl (C=O) groups excluding carboxylic acids is 1. The van der Waals surface area contributed by atoms with Crippen LogP contribution in [0.4, 0.5) is 4.79 Å². The lowest BCUT2D eigenvalue weighted by Crippen LogP contribution is -2.42. The van der Waals surface area contributed by atoms with Gasteiger partial charge in [-0.2, -0.15) is 0 Å². The van der Waals surface area contributed by atoms with Gasteiger partial charge < -0.3 is 15.5 Å². The predicted octanol–water partition coefficient (Wildman–Crippen LogP) is 3.14. The second kappa shape index (κ2) is 7.49. The normalized spacial score (nSPS) is 20.5. The fourth-order valence-corrected chi connectivity index (χ4v) is 3.08. The highest BCUT2D eigenvalue weighted by molar-refractivity contribution is 5.75. The zero-order valence-corrected chi connectivity index (χ0v) is 14.3. The largest absolute Gasteiger partial charge is 0.335 e. The van der Waals surface area contributed by atoms with Crippen molar-refractivity contribution >= 4 is 6.03 Å². The molecule has 24 heavy (non-hydrogen) atoms. The Morgan fingerprint density at radius 2 is 1.71 bits per heavy atom. The zero-order valence-electron chi connectivity index (χ0n) is 14.3. The average molecular weight is 323 g/mol. The van der Waals surface area contributed by atoms with Crippen LogP contribution < -0.4 is 10.6 Å². The van der Waals surface area contributed by atoms with E-state index in [9.17, 15) is 4.79 Å². The van der Waals surface area contributed by atoms with Gasteiger partial charge in [0, 0.05) is 18.5 Å². The predicted molar refractivity (Wildman–Crippen MR) is 97.0 cm³/mol. The van der Waals surface area contributed by atoms with Gasteiger partial charge in [0.2, 0.25) is 0 Å². The molecular formula is C20H25N3O. The van der Waals surface area contributed by atoms with E-state index in [4.69, 9.17) is 0 Å². The first-order valence-corrected chi connectivity index (χ1v) is 8.45. The Kier molecular flexibility index (Phi) is 5.16. The standard InChI is InChI=1S/C20H25N3O/c1-23(2)14-19(16-11-7-4-8-12-16)22-20(24)21-18-13-17(18)15-9-5-3-6-10-15/h3-12,17-19H,13-14H2,1-2H3,(H2,21,22,24). The monoisotopic (exact) mass is 323 g/mol. The summed E-state index contributed by atoms with van der Waals surface area (Å²) in [7, 11) is 4.03. The van der Waals surface area contributed by atoms with Gasteiger partial charge in [-0.15, -0.1) is 0 Å². The molecule has 0 aromatic heterocycles. The maximum Gasteiger partial charge on any atom is 0.315 e. The Morgan fingerprint density at radius 3 is 2.33 bits per heavy atom. The van der Waals surface area contributed by atoms with Crippen molar-refractivity contribution in [1.29, 1.82) is 0 Å². The molecule has 2 N–H and O–H groups in total. The van der Waals surface area contributed by atoms with Crippen molar-refractivity contribution in [3.63, 3.8) is 0 Å². The Morgan fingerprint density at radius 1 is 1.08 bits per heavy atom. The number of likely N-dealkylation sites (N-methyl/N-ethyl adjacent to an activating group) is 1. The molecule has 1 saturated carbocycles. The van der Waals surface area contributed by atoms with Crippen molar-refractivity contribution in [1.82, 2.24) is 15.5 Å². The first kappa shape index (κ1) is 16.5. The first-order chi connectivity index (χ1) is 11.6. The smallest absolute Gasteiger partial charge is 0.315 e. The Bertz CT molecular complexity index is 657. The Balaban J connectivity index is 1.57. The third-order valence-corrected chi connectivity index (χ3v) is 4.39. The molecule has 4 heteroatoms. The van der Waals surface area contributed by atoms with Crippen molar-refractivity contribution in [3.05, 3.63) is 71.8 Å². The molecule has 3 atom stereocenters. The molecule has 2 aromatic rings. The Hall–Kier alpha value is -2.33. The lowest BCUT2D eigenvalue weighted by atomic mass is 10.1. The molecule has 0 spiro atoms. The van der Waals surface area contributed by atoms with E-state index in [0.29, 0.717) is 5.92 Å². The van der Waals surface area contributed by atoms with E-state index < -0.39 is 0 Å². The van der Waals surface area contributed by atoms with Crippen LogP contribution in [0.3, 0.4) is 0 Å². The molecule has 0 aliphatic heterocycles. The van der Waals surface area contributed by atoms with Crippen LogP contribution in [-0.4, -0.2) is 37.6 Å².